The molecule has 4 saturated carbocycles. The summed E-state index contributed by atoms with van der Waals surface area (Å²) in [5.74, 6) is 4.83. The average Bonchev–Trinajstić information content (AvgIpc) is 3.25. The third-order valence-corrected chi connectivity index (χ3v) is 12.0. The van der Waals surface area contributed by atoms with Crippen molar-refractivity contribution in [3.05, 3.63) is 12.2 Å². The van der Waals surface area contributed by atoms with Gasteiger partial charge in [-0.1, -0.05) is 40.2 Å². The van der Waals surface area contributed by atoms with Crippen molar-refractivity contribution in [2.24, 2.45) is 46.3 Å². The largest absolute Gasteiger partial charge is 0.466 e. The Morgan fingerprint density at radius 2 is 1.55 bits per heavy atom. The summed E-state index contributed by atoms with van der Waals surface area (Å²) in [5, 5.41) is 0. The van der Waals surface area contributed by atoms with Gasteiger partial charge in [0.05, 0.1) is 13.2 Å². The Bertz CT molecular complexity index is 834. The minimum Gasteiger partial charge on any atom is -0.466 e. The van der Waals surface area contributed by atoms with Gasteiger partial charge in [-0.15, -0.1) is 0 Å². The molecule has 0 aromatic carbocycles. The lowest BCUT2D eigenvalue weighted by Crippen LogP contribution is -2.53. The molecule has 4 rings (SSSR count). The molecular formula is C34H56O4. The van der Waals surface area contributed by atoms with E-state index >= 15 is 0 Å². The lowest BCUT2D eigenvalue weighted by molar-refractivity contribution is -0.144. The zero-order chi connectivity index (χ0) is 27.3. The van der Waals surface area contributed by atoms with E-state index in [1.165, 1.54) is 64.2 Å². The van der Waals surface area contributed by atoms with Crippen molar-refractivity contribution in [1.82, 2.24) is 0 Å². The Kier molecular flexibility index (Phi) is 10.1. The summed E-state index contributed by atoms with van der Waals surface area (Å²) in [6.45, 7) is 13.9. The molecule has 38 heavy (non-hydrogen) atoms. The molecule has 0 saturated heterocycles. The monoisotopic (exact) mass is 528 g/mol. The van der Waals surface area contributed by atoms with E-state index in [1.807, 2.05) is 0 Å². The Hall–Kier alpha value is -1.32. The van der Waals surface area contributed by atoms with Crippen LogP contribution in [0.2, 0.25) is 0 Å². The molecular weight excluding hydrogens is 472 g/mol. The highest BCUT2D eigenvalue weighted by atomic mass is 16.5. The molecule has 0 N–H and O–H groups in total. The summed E-state index contributed by atoms with van der Waals surface area (Å²) >= 11 is 0. The topological polar surface area (TPSA) is 52.6 Å². The maximum atomic E-state index is 12.5. The van der Waals surface area contributed by atoms with Crippen LogP contribution < -0.4 is 0 Å². The highest BCUT2D eigenvalue weighted by molar-refractivity contribution is 5.86. The van der Waals surface area contributed by atoms with Crippen LogP contribution in [0.4, 0.5) is 0 Å². The zero-order valence-electron chi connectivity index (χ0n) is 25.0. The quantitative estimate of drug-likeness (QED) is 0.144. The average molecular weight is 529 g/mol. The third-order valence-electron chi connectivity index (χ3n) is 12.0. The van der Waals surface area contributed by atoms with E-state index in [0.29, 0.717) is 42.0 Å². The van der Waals surface area contributed by atoms with Crippen molar-refractivity contribution in [3.8, 4) is 0 Å². The van der Waals surface area contributed by atoms with E-state index < -0.39 is 0 Å². The van der Waals surface area contributed by atoms with Gasteiger partial charge in [-0.25, -0.2) is 4.79 Å². The van der Waals surface area contributed by atoms with E-state index in [2.05, 4.69) is 27.4 Å². The van der Waals surface area contributed by atoms with Crippen LogP contribution in [0.25, 0.3) is 0 Å². The first-order chi connectivity index (χ1) is 18.2. The predicted octanol–water partition coefficient (Wildman–Crippen LogP) is 8.67. The molecule has 4 heteroatoms. The number of hydrogen-bond donors (Lipinski definition) is 0. The van der Waals surface area contributed by atoms with Gasteiger partial charge in [0.25, 0.3) is 0 Å². The molecule has 0 bridgehead atoms. The van der Waals surface area contributed by atoms with Crippen molar-refractivity contribution < 1.29 is 19.1 Å². The Morgan fingerprint density at radius 3 is 2.29 bits per heavy atom. The van der Waals surface area contributed by atoms with Crippen molar-refractivity contribution in [2.75, 3.05) is 13.2 Å². The zero-order valence-corrected chi connectivity index (χ0v) is 25.0. The Morgan fingerprint density at radius 1 is 0.842 bits per heavy atom. The van der Waals surface area contributed by atoms with Gasteiger partial charge in [0.1, 0.15) is 0 Å². The molecule has 0 aliphatic heterocycles. The van der Waals surface area contributed by atoms with Crippen molar-refractivity contribution in [1.29, 1.82) is 0 Å². The molecule has 0 aromatic rings. The van der Waals surface area contributed by atoms with Gasteiger partial charge in [-0.3, -0.25) is 4.79 Å². The molecule has 8 atom stereocenters. The summed E-state index contributed by atoms with van der Waals surface area (Å²) in [4.78, 5) is 23.8. The van der Waals surface area contributed by atoms with Crippen LogP contribution in [0.15, 0.2) is 12.2 Å². The number of esters is 2. The number of fused-ring (bicyclic) bond motifs is 5. The molecule has 4 nitrogen and oxygen atoms in total. The lowest BCUT2D eigenvalue weighted by atomic mass is 9.44. The normalized spacial score (nSPS) is 36.9. The van der Waals surface area contributed by atoms with Gasteiger partial charge in [-0.05, 0) is 137 Å². The van der Waals surface area contributed by atoms with Gasteiger partial charge in [0, 0.05) is 12.0 Å². The van der Waals surface area contributed by atoms with E-state index in [-0.39, 0.29) is 11.9 Å². The van der Waals surface area contributed by atoms with Gasteiger partial charge >= 0.3 is 11.9 Å². The number of hydrogen-bond acceptors (Lipinski definition) is 4. The second-order valence-electron chi connectivity index (χ2n) is 14.2. The molecule has 216 valence electrons. The van der Waals surface area contributed by atoms with Crippen molar-refractivity contribution in [2.45, 2.75) is 130 Å². The molecule has 0 spiro atoms. The number of carbonyl (C=O) groups excluding carboxylic acids is 2. The second-order valence-corrected chi connectivity index (χ2v) is 14.2. The number of carbonyl (C=O) groups is 2. The first kappa shape index (κ1) is 29.7. The maximum absolute atomic E-state index is 12.5. The number of ether oxygens (including phenoxy) is 2. The van der Waals surface area contributed by atoms with Crippen LogP contribution in [-0.4, -0.2) is 25.2 Å². The maximum Gasteiger partial charge on any atom is 0.333 e. The summed E-state index contributed by atoms with van der Waals surface area (Å²) in [5.41, 5.74) is 1.53. The summed E-state index contributed by atoms with van der Waals surface area (Å²) in [7, 11) is 0. The van der Waals surface area contributed by atoms with Crippen LogP contribution in [0.1, 0.15) is 130 Å². The first-order valence-corrected chi connectivity index (χ1v) is 16.1. The van der Waals surface area contributed by atoms with Gasteiger partial charge in [0.2, 0.25) is 0 Å². The van der Waals surface area contributed by atoms with E-state index in [1.54, 1.807) is 6.92 Å². The fourth-order valence-electron chi connectivity index (χ4n) is 9.92. The second kappa shape index (κ2) is 12.9. The van der Waals surface area contributed by atoms with E-state index in [4.69, 9.17) is 9.47 Å². The van der Waals surface area contributed by atoms with Gasteiger partial charge < -0.3 is 9.47 Å². The molecule has 4 aliphatic carbocycles. The van der Waals surface area contributed by atoms with E-state index in [9.17, 15) is 9.59 Å². The highest BCUT2D eigenvalue weighted by Gasteiger charge is 2.60. The molecule has 4 aliphatic rings. The minimum absolute atomic E-state index is 0.0285. The van der Waals surface area contributed by atoms with Crippen molar-refractivity contribution >= 4 is 11.9 Å². The molecule has 0 amide bonds. The van der Waals surface area contributed by atoms with Crippen LogP contribution in [-0.2, 0) is 19.1 Å². The number of rotatable bonds is 12. The fraction of sp³-hybridized carbons (Fsp3) is 0.882. The minimum atomic E-state index is -0.316. The SMILES string of the molecule is C=C(C)C(=O)OCCCCCCOC(=O)CC[C@@H](C)[C@H]1CC[C@H]2[C@@H]3CCC4CCCC[C@]4(C)[C@H]3CC[C@]12C. The summed E-state index contributed by atoms with van der Waals surface area (Å²) in [6, 6.07) is 0. The summed E-state index contributed by atoms with van der Waals surface area (Å²) in [6.07, 6.45) is 19.7. The standard InChI is InChI=1S/C34H56O4/c1-24(2)32(36)38-23-11-7-6-10-22-37-31(35)18-13-25(3)28-16-17-29-27-15-14-26-12-8-9-20-33(26,4)30(27)19-21-34(28,29)5/h25-30H,1,6-23H2,2-5H3/t25-,26?,27+,28-,29+,30+,33+,34-/m1/s1. The van der Waals surface area contributed by atoms with Crippen molar-refractivity contribution in [3.63, 3.8) is 0 Å². The van der Waals surface area contributed by atoms with Crippen LogP contribution in [0, 0.1) is 46.3 Å². The molecule has 0 radical (unpaired) electrons. The fourth-order valence-corrected chi connectivity index (χ4v) is 9.92. The van der Waals surface area contributed by atoms with Crippen LogP contribution >= 0.6 is 0 Å². The summed E-state index contributed by atoms with van der Waals surface area (Å²) < 4.78 is 10.7. The molecule has 1 unspecified atom stereocenters. The van der Waals surface area contributed by atoms with Crippen LogP contribution in [0.5, 0.6) is 0 Å². The predicted molar refractivity (Wildman–Crippen MR) is 153 cm³/mol. The first-order valence-electron chi connectivity index (χ1n) is 16.1. The van der Waals surface area contributed by atoms with Gasteiger partial charge in [0.15, 0.2) is 0 Å². The lowest BCUT2D eigenvalue weighted by Gasteiger charge is -2.61. The van der Waals surface area contributed by atoms with Gasteiger partial charge in [-0.2, -0.15) is 0 Å². The third kappa shape index (κ3) is 6.35. The van der Waals surface area contributed by atoms with Crippen LogP contribution in [0.3, 0.4) is 0 Å². The molecule has 0 heterocycles. The number of unbranched alkanes of at least 4 members (excludes halogenated alkanes) is 3. The Labute approximate surface area is 233 Å². The Balaban J connectivity index is 1.15. The molecule has 0 aromatic heterocycles. The highest BCUT2D eigenvalue weighted by Crippen LogP contribution is 2.68. The smallest absolute Gasteiger partial charge is 0.333 e. The van der Waals surface area contributed by atoms with E-state index in [0.717, 1.165) is 61.7 Å². The molecule has 4 fully saturated rings.